The van der Waals surface area contributed by atoms with Gasteiger partial charge in [0.25, 0.3) is 23.3 Å². The molecule has 1 unspecified atom stereocenters. The van der Waals surface area contributed by atoms with Gasteiger partial charge in [-0.15, -0.1) is 0 Å². The lowest BCUT2D eigenvalue weighted by Crippen LogP contribution is -2.51. The number of amides is 3. The van der Waals surface area contributed by atoms with E-state index in [1.165, 1.54) is 30.2 Å². The second-order valence-electron chi connectivity index (χ2n) is 6.89. The molecule has 2 heterocycles. The first kappa shape index (κ1) is 20.8. The molecule has 1 atom stereocenters. The van der Waals surface area contributed by atoms with Crippen molar-refractivity contribution < 1.29 is 18.8 Å². The molecular weight excluding hydrogens is 390 g/mol. The number of nitrogens with zero attached hydrogens (tertiary/aromatic N) is 2. The Kier molecular flexibility index (Phi) is 5.95. The van der Waals surface area contributed by atoms with Gasteiger partial charge in [-0.3, -0.25) is 30.0 Å². The molecule has 3 rings (SSSR count). The molecule has 2 aromatic heterocycles. The largest absolute Gasteiger partial charge is 0.472 e. The molecule has 0 radical (unpaired) electrons. The van der Waals surface area contributed by atoms with Gasteiger partial charge in [0.2, 0.25) is 0 Å². The number of hydrogen-bond donors (Lipinski definition) is 3. The van der Waals surface area contributed by atoms with Crippen LogP contribution < -0.4 is 21.7 Å². The van der Waals surface area contributed by atoms with Crippen LogP contribution in [0, 0.1) is 0 Å². The fraction of sp³-hybridized carbons (Fsp3) is 0.250. The van der Waals surface area contributed by atoms with Crippen LogP contribution in [0.15, 0.2) is 52.1 Å². The van der Waals surface area contributed by atoms with Crippen molar-refractivity contribution in [3.63, 3.8) is 0 Å². The highest BCUT2D eigenvalue weighted by atomic mass is 16.3. The minimum absolute atomic E-state index is 0.00529. The number of furan rings is 1. The smallest absolute Gasteiger partial charge is 0.290 e. The second kappa shape index (κ2) is 8.60. The molecule has 0 fully saturated rings. The number of carbonyl (C=O) groups is 3. The van der Waals surface area contributed by atoms with Gasteiger partial charge in [0.15, 0.2) is 5.69 Å². The monoisotopic (exact) mass is 411 g/mol. The van der Waals surface area contributed by atoms with E-state index < -0.39 is 23.8 Å². The molecule has 3 N–H and O–H groups in total. The van der Waals surface area contributed by atoms with Gasteiger partial charge in [-0.25, -0.2) is 4.68 Å². The number of carbonyl (C=O) groups excluding carboxylic acids is 3. The van der Waals surface area contributed by atoms with Gasteiger partial charge in [-0.05, 0) is 32.9 Å². The van der Waals surface area contributed by atoms with Crippen molar-refractivity contribution in [1.82, 2.24) is 25.9 Å². The van der Waals surface area contributed by atoms with Gasteiger partial charge in [0.1, 0.15) is 12.3 Å². The quantitative estimate of drug-likeness (QED) is 0.539. The van der Waals surface area contributed by atoms with Crippen molar-refractivity contribution in [2.45, 2.75) is 32.9 Å². The first-order valence-electron chi connectivity index (χ1n) is 9.24. The molecule has 0 saturated heterocycles. The van der Waals surface area contributed by atoms with Crippen molar-refractivity contribution >= 4 is 28.5 Å². The summed E-state index contributed by atoms with van der Waals surface area (Å²) in [5.74, 6) is -1.82. The van der Waals surface area contributed by atoms with Crippen molar-refractivity contribution in [3.05, 3.63) is 64.5 Å². The molecule has 0 aliphatic heterocycles. The zero-order valence-corrected chi connectivity index (χ0v) is 16.6. The number of hydrazine groups is 1. The van der Waals surface area contributed by atoms with E-state index in [2.05, 4.69) is 21.3 Å². The minimum atomic E-state index is -0.929. The normalized spacial score (nSPS) is 11.9. The number of rotatable bonds is 5. The number of hydrogen-bond acceptors (Lipinski definition) is 6. The predicted molar refractivity (Wildman–Crippen MR) is 108 cm³/mol. The first-order chi connectivity index (χ1) is 14.3. The third-order valence-electron chi connectivity index (χ3n) is 4.36. The highest BCUT2D eigenvalue weighted by Crippen LogP contribution is 2.14. The number of benzene rings is 1. The maximum Gasteiger partial charge on any atom is 0.290 e. The van der Waals surface area contributed by atoms with Crippen molar-refractivity contribution in [3.8, 4) is 0 Å². The highest BCUT2D eigenvalue weighted by Gasteiger charge is 2.21. The van der Waals surface area contributed by atoms with E-state index in [1.807, 2.05) is 0 Å². The van der Waals surface area contributed by atoms with Gasteiger partial charge < -0.3 is 9.73 Å². The summed E-state index contributed by atoms with van der Waals surface area (Å²) >= 11 is 0. The molecule has 10 heteroatoms. The Hall–Kier alpha value is -3.95. The molecule has 10 nitrogen and oxygen atoms in total. The van der Waals surface area contributed by atoms with Crippen LogP contribution in [0.2, 0.25) is 0 Å². The molecule has 156 valence electrons. The van der Waals surface area contributed by atoms with Crippen molar-refractivity contribution in [2.75, 3.05) is 0 Å². The molecule has 0 bridgehead atoms. The van der Waals surface area contributed by atoms with E-state index in [0.717, 1.165) is 0 Å². The van der Waals surface area contributed by atoms with Crippen LogP contribution in [-0.4, -0.2) is 33.5 Å². The molecule has 0 aliphatic carbocycles. The van der Waals surface area contributed by atoms with Gasteiger partial charge in [0.05, 0.1) is 23.3 Å². The van der Waals surface area contributed by atoms with Crippen molar-refractivity contribution in [1.29, 1.82) is 0 Å². The standard InChI is InChI=1S/C20H21N5O5/c1-11(2)25-20(29)15-7-5-4-6-14(15)16(24-25)19(28)23-22-17(26)12(3)21-18(27)13-8-9-30-10-13/h4-12H,1-3H3,(H,21,27)(H,22,26)(H,23,28). The average molecular weight is 411 g/mol. The maximum atomic E-state index is 12.7. The Bertz CT molecular complexity index is 1150. The maximum absolute atomic E-state index is 12.7. The second-order valence-corrected chi connectivity index (χ2v) is 6.89. The fourth-order valence-corrected chi connectivity index (χ4v) is 2.75. The molecular formula is C20H21N5O5. The summed E-state index contributed by atoms with van der Waals surface area (Å²) in [5, 5.41) is 7.36. The molecule has 3 aromatic rings. The third kappa shape index (κ3) is 4.22. The lowest BCUT2D eigenvalue weighted by molar-refractivity contribution is -0.123. The summed E-state index contributed by atoms with van der Waals surface area (Å²) in [7, 11) is 0. The summed E-state index contributed by atoms with van der Waals surface area (Å²) < 4.78 is 6.04. The molecule has 0 saturated carbocycles. The first-order valence-corrected chi connectivity index (χ1v) is 9.24. The average Bonchev–Trinajstić information content (AvgIpc) is 3.27. The molecule has 1 aromatic carbocycles. The third-order valence-corrected chi connectivity index (χ3v) is 4.36. The van der Waals surface area contributed by atoms with Crippen LogP contribution in [0.4, 0.5) is 0 Å². The Balaban J connectivity index is 1.74. The molecule has 30 heavy (non-hydrogen) atoms. The van der Waals surface area contributed by atoms with E-state index in [9.17, 15) is 19.2 Å². The van der Waals surface area contributed by atoms with E-state index in [0.29, 0.717) is 10.8 Å². The number of nitrogens with one attached hydrogen (secondary N) is 3. The molecule has 0 aliphatic rings. The molecule has 0 spiro atoms. The van der Waals surface area contributed by atoms with E-state index in [4.69, 9.17) is 4.42 Å². The highest BCUT2D eigenvalue weighted by molar-refractivity contribution is 6.05. The van der Waals surface area contributed by atoms with Crippen LogP contribution in [-0.2, 0) is 4.79 Å². The van der Waals surface area contributed by atoms with Crippen LogP contribution in [0.1, 0.15) is 47.7 Å². The Morgan fingerprint density at radius 3 is 2.33 bits per heavy atom. The lowest BCUT2D eigenvalue weighted by atomic mass is 10.1. The number of fused-ring (bicyclic) bond motifs is 1. The van der Waals surface area contributed by atoms with Crippen molar-refractivity contribution in [2.24, 2.45) is 0 Å². The topological polar surface area (TPSA) is 135 Å². The number of aromatic nitrogens is 2. The van der Waals surface area contributed by atoms with Crippen LogP contribution in [0.3, 0.4) is 0 Å². The van der Waals surface area contributed by atoms with E-state index in [1.54, 1.807) is 38.1 Å². The summed E-state index contributed by atoms with van der Waals surface area (Å²) in [6.07, 6.45) is 2.59. The predicted octanol–water partition coefficient (Wildman–Crippen LogP) is 1.15. The van der Waals surface area contributed by atoms with Crippen LogP contribution in [0.25, 0.3) is 10.8 Å². The zero-order valence-electron chi connectivity index (χ0n) is 16.6. The van der Waals surface area contributed by atoms with Gasteiger partial charge in [-0.1, -0.05) is 18.2 Å². The summed E-state index contributed by atoms with van der Waals surface area (Å²) in [5.41, 5.74) is 4.49. The summed E-state index contributed by atoms with van der Waals surface area (Å²) in [6.45, 7) is 5.01. The molecule has 3 amide bonds. The van der Waals surface area contributed by atoms with Crippen LogP contribution in [0.5, 0.6) is 0 Å². The van der Waals surface area contributed by atoms with Gasteiger partial charge >= 0.3 is 0 Å². The van der Waals surface area contributed by atoms with Crippen LogP contribution >= 0.6 is 0 Å². The zero-order chi connectivity index (χ0) is 21.8. The van der Waals surface area contributed by atoms with Gasteiger partial charge in [0, 0.05) is 5.39 Å². The van der Waals surface area contributed by atoms with E-state index in [-0.39, 0.29) is 22.9 Å². The Morgan fingerprint density at radius 2 is 1.70 bits per heavy atom. The summed E-state index contributed by atoms with van der Waals surface area (Å²) in [6, 6.07) is 6.87. The fourth-order valence-electron chi connectivity index (χ4n) is 2.75. The van der Waals surface area contributed by atoms with E-state index >= 15 is 0 Å². The Morgan fingerprint density at radius 1 is 1.00 bits per heavy atom. The Labute approximate surface area is 171 Å². The van der Waals surface area contributed by atoms with Gasteiger partial charge in [-0.2, -0.15) is 5.10 Å². The minimum Gasteiger partial charge on any atom is -0.472 e. The lowest BCUT2D eigenvalue weighted by Gasteiger charge is -2.16. The summed E-state index contributed by atoms with van der Waals surface area (Å²) in [4.78, 5) is 49.4. The SMILES string of the molecule is CC(NC(=O)c1ccoc1)C(=O)NNC(=O)c1nn(C(C)C)c(=O)c2ccccc12.